The Balaban J connectivity index is 2.36. The lowest BCUT2D eigenvalue weighted by Gasteiger charge is -2.00. The molecule has 0 saturated carbocycles. The number of hydrogen-bond donors (Lipinski definition) is 0. The molecular formula is C16H9BrN2. The summed E-state index contributed by atoms with van der Waals surface area (Å²) in [5, 5.41) is 18.0. The van der Waals surface area contributed by atoms with E-state index in [4.69, 9.17) is 5.26 Å². The van der Waals surface area contributed by atoms with Gasteiger partial charge in [0, 0.05) is 4.47 Å². The molecule has 0 saturated heterocycles. The number of benzene rings is 2. The fourth-order valence-electron chi connectivity index (χ4n) is 1.63. The number of halogens is 1. The molecular weight excluding hydrogens is 300 g/mol. The summed E-state index contributed by atoms with van der Waals surface area (Å²) in [5.74, 6) is 0. The Morgan fingerprint density at radius 3 is 2.11 bits per heavy atom. The molecule has 0 aromatic heterocycles. The Morgan fingerprint density at radius 1 is 0.947 bits per heavy atom. The number of allylic oxidation sites excluding steroid dienone is 1. The second kappa shape index (κ2) is 6.00. The molecule has 2 aromatic carbocycles. The van der Waals surface area contributed by atoms with Gasteiger partial charge in [-0.15, -0.1) is 0 Å². The molecule has 0 spiro atoms. The first kappa shape index (κ1) is 13.1. The van der Waals surface area contributed by atoms with Crippen molar-refractivity contribution in [3.63, 3.8) is 0 Å². The van der Waals surface area contributed by atoms with Crippen molar-refractivity contribution in [1.82, 2.24) is 0 Å². The lowest BCUT2D eigenvalue weighted by Crippen LogP contribution is -1.82. The lowest BCUT2D eigenvalue weighted by atomic mass is 10.0. The quantitative estimate of drug-likeness (QED) is 0.610. The largest absolute Gasteiger partial charge is 0.192 e. The number of nitrogens with zero attached hydrogens (tertiary/aromatic N) is 2. The fourth-order valence-corrected chi connectivity index (χ4v) is 1.89. The van der Waals surface area contributed by atoms with Gasteiger partial charge < -0.3 is 0 Å². The molecule has 90 valence electrons. The molecule has 2 aromatic rings. The first-order valence-electron chi connectivity index (χ1n) is 5.61. The van der Waals surface area contributed by atoms with Crippen LogP contribution in [0.1, 0.15) is 16.7 Å². The summed E-state index contributed by atoms with van der Waals surface area (Å²) >= 11 is 3.37. The number of rotatable bonds is 2. The maximum Gasteiger partial charge on any atom is 0.0998 e. The Labute approximate surface area is 120 Å². The minimum atomic E-state index is 0.595. The second-order valence-corrected chi connectivity index (χ2v) is 4.83. The zero-order chi connectivity index (χ0) is 13.7. The standard InChI is InChI=1S/C16H9BrN2/c17-16-7-5-14(6-8-16)15(11-19)9-12-1-3-13(10-18)4-2-12/h1-9H/b15-9+. The van der Waals surface area contributed by atoms with Crippen molar-refractivity contribution in [3.05, 3.63) is 69.7 Å². The van der Waals surface area contributed by atoms with Crippen molar-refractivity contribution in [2.45, 2.75) is 0 Å². The van der Waals surface area contributed by atoms with E-state index in [-0.39, 0.29) is 0 Å². The van der Waals surface area contributed by atoms with Crippen LogP contribution in [0.4, 0.5) is 0 Å². The smallest absolute Gasteiger partial charge is 0.0998 e. The van der Waals surface area contributed by atoms with Gasteiger partial charge in [-0.1, -0.05) is 40.2 Å². The van der Waals surface area contributed by atoms with Crippen LogP contribution in [0.2, 0.25) is 0 Å². The molecule has 2 nitrogen and oxygen atoms in total. The third-order valence-corrected chi connectivity index (χ3v) is 3.16. The molecule has 0 unspecified atom stereocenters. The number of hydrogen-bond acceptors (Lipinski definition) is 2. The van der Waals surface area contributed by atoms with Gasteiger partial charge in [0.05, 0.1) is 23.3 Å². The predicted octanol–water partition coefficient (Wildman–Crippen LogP) is 4.38. The molecule has 0 N–H and O–H groups in total. The predicted molar refractivity (Wildman–Crippen MR) is 78.8 cm³/mol. The summed E-state index contributed by atoms with van der Waals surface area (Å²) < 4.78 is 0.979. The topological polar surface area (TPSA) is 47.6 Å². The molecule has 0 bridgehead atoms. The Morgan fingerprint density at radius 2 is 1.58 bits per heavy atom. The van der Waals surface area contributed by atoms with E-state index in [0.29, 0.717) is 11.1 Å². The molecule has 0 radical (unpaired) electrons. The summed E-state index contributed by atoms with van der Waals surface area (Å²) in [6.07, 6.45) is 1.81. The molecule has 0 amide bonds. The highest BCUT2D eigenvalue weighted by molar-refractivity contribution is 9.10. The van der Waals surface area contributed by atoms with Crippen LogP contribution < -0.4 is 0 Å². The molecule has 3 heteroatoms. The molecule has 2 rings (SSSR count). The molecule has 0 aliphatic rings. The summed E-state index contributed by atoms with van der Waals surface area (Å²) in [7, 11) is 0. The van der Waals surface area contributed by atoms with Crippen LogP contribution in [0, 0.1) is 22.7 Å². The van der Waals surface area contributed by atoms with Gasteiger partial charge >= 0.3 is 0 Å². The van der Waals surface area contributed by atoms with E-state index in [0.717, 1.165) is 15.6 Å². The Kier molecular flexibility index (Phi) is 4.13. The highest BCUT2D eigenvalue weighted by Gasteiger charge is 2.01. The highest BCUT2D eigenvalue weighted by Crippen LogP contribution is 2.20. The summed E-state index contributed by atoms with van der Waals surface area (Å²) in [6.45, 7) is 0. The maximum atomic E-state index is 9.23. The highest BCUT2D eigenvalue weighted by atomic mass is 79.9. The van der Waals surface area contributed by atoms with Gasteiger partial charge in [0.2, 0.25) is 0 Å². The van der Waals surface area contributed by atoms with Gasteiger partial charge in [0.1, 0.15) is 0 Å². The van der Waals surface area contributed by atoms with E-state index in [1.165, 1.54) is 0 Å². The van der Waals surface area contributed by atoms with Crippen LogP contribution in [0.25, 0.3) is 11.6 Å². The van der Waals surface area contributed by atoms with E-state index in [9.17, 15) is 5.26 Å². The van der Waals surface area contributed by atoms with E-state index >= 15 is 0 Å². The third-order valence-electron chi connectivity index (χ3n) is 2.63. The molecule has 0 aliphatic heterocycles. The zero-order valence-corrected chi connectivity index (χ0v) is 11.6. The van der Waals surface area contributed by atoms with Crippen LogP contribution in [-0.4, -0.2) is 0 Å². The van der Waals surface area contributed by atoms with Crippen molar-refractivity contribution < 1.29 is 0 Å². The third kappa shape index (κ3) is 3.31. The van der Waals surface area contributed by atoms with Crippen molar-refractivity contribution in [2.24, 2.45) is 0 Å². The molecule has 0 heterocycles. The van der Waals surface area contributed by atoms with Crippen molar-refractivity contribution in [2.75, 3.05) is 0 Å². The van der Waals surface area contributed by atoms with Gasteiger partial charge in [-0.2, -0.15) is 10.5 Å². The van der Waals surface area contributed by atoms with Crippen LogP contribution in [0.15, 0.2) is 53.0 Å². The van der Waals surface area contributed by atoms with E-state index in [2.05, 4.69) is 28.1 Å². The lowest BCUT2D eigenvalue weighted by molar-refractivity contribution is 1.48. The van der Waals surface area contributed by atoms with Gasteiger partial charge in [-0.25, -0.2) is 0 Å². The van der Waals surface area contributed by atoms with E-state index in [1.807, 2.05) is 42.5 Å². The van der Waals surface area contributed by atoms with Crippen molar-refractivity contribution in [3.8, 4) is 12.1 Å². The molecule has 0 atom stereocenters. The molecule has 0 aliphatic carbocycles. The Hall–Kier alpha value is -2.36. The van der Waals surface area contributed by atoms with Crippen molar-refractivity contribution >= 4 is 27.6 Å². The molecule has 19 heavy (non-hydrogen) atoms. The second-order valence-electron chi connectivity index (χ2n) is 3.91. The fraction of sp³-hybridized carbons (Fsp3) is 0. The summed E-state index contributed by atoms with van der Waals surface area (Å²) in [5.41, 5.74) is 2.98. The Bertz CT molecular complexity index is 684. The van der Waals surface area contributed by atoms with Crippen molar-refractivity contribution in [1.29, 1.82) is 10.5 Å². The first-order valence-corrected chi connectivity index (χ1v) is 6.40. The van der Waals surface area contributed by atoms with Gasteiger partial charge in [0.25, 0.3) is 0 Å². The van der Waals surface area contributed by atoms with Gasteiger partial charge in [-0.3, -0.25) is 0 Å². The maximum absolute atomic E-state index is 9.23. The van der Waals surface area contributed by atoms with Gasteiger partial charge in [0.15, 0.2) is 0 Å². The van der Waals surface area contributed by atoms with E-state index < -0.39 is 0 Å². The number of nitriles is 2. The summed E-state index contributed by atoms with van der Waals surface area (Å²) in [4.78, 5) is 0. The summed E-state index contributed by atoms with van der Waals surface area (Å²) in [6, 6.07) is 19.0. The van der Waals surface area contributed by atoms with E-state index in [1.54, 1.807) is 12.1 Å². The zero-order valence-electron chi connectivity index (χ0n) is 9.97. The monoisotopic (exact) mass is 308 g/mol. The van der Waals surface area contributed by atoms with Crippen LogP contribution in [0.5, 0.6) is 0 Å². The normalized spacial score (nSPS) is 10.6. The first-order chi connectivity index (χ1) is 9.22. The SMILES string of the molecule is N#C/C(=C\c1ccc(C#N)cc1)c1ccc(Br)cc1. The minimum Gasteiger partial charge on any atom is -0.192 e. The average molecular weight is 309 g/mol. The minimum absolute atomic E-state index is 0.595. The average Bonchev–Trinajstić information content (AvgIpc) is 2.46. The van der Waals surface area contributed by atoms with Crippen LogP contribution >= 0.6 is 15.9 Å². The molecule has 0 fully saturated rings. The van der Waals surface area contributed by atoms with Gasteiger partial charge in [-0.05, 0) is 41.5 Å². The van der Waals surface area contributed by atoms with Crippen LogP contribution in [0.3, 0.4) is 0 Å². The van der Waals surface area contributed by atoms with Crippen LogP contribution in [-0.2, 0) is 0 Å².